The number of thiazole rings is 1. The van der Waals surface area contributed by atoms with Crippen LogP contribution in [-0.2, 0) is 27.8 Å². The molecule has 1 unspecified atom stereocenters. The summed E-state index contributed by atoms with van der Waals surface area (Å²) in [6.45, 7) is 2.74. The number of hydrogen-bond donors (Lipinski definition) is 0. The number of aryl methyl sites for hydroxylation is 1. The topological polar surface area (TPSA) is 83.5 Å². The largest absolute Gasteiger partial charge is 0.283 e. The number of nitrogens with zero attached hydrogens (tertiary/aromatic N) is 4. The average Bonchev–Trinajstić information content (AvgIpc) is 3.36. The normalized spacial score (nSPS) is 16.6. The lowest BCUT2D eigenvalue weighted by Gasteiger charge is -2.33. The highest BCUT2D eigenvalue weighted by molar-refractivity contribution is 7.89. The van der Waals surface area contributed by atoms with E-state index < -0.39 is 21.8 Å². The minimum absolute atomic E-state index is 0.0208. The van der Waals surface area contributed by atoms with Crippen molar-refractivity contribution >= 4 is 42.6 Å². The van der Waals surface area contributed by atoms with Gasteiger partial charge in [0.1, 0.15) is 5.82 Å². The lowest BCUT2D eigenvalue weighted by atomic mass is 9.98. The van der Waals surface area contributed by atoms with Gasteiger partial charge in [0, 0.05) is 25.5 Å². The van der Waals surface area contributed by atoms with Gasteiger partial charge in [-0.25, -0.2) is 17.8 Å². The molecule has 37 heavy (non-hydrogen) atoms. The Morgan fingerprint density at radius 1 is 1.16 bits per heavy atom. The first kappa shape index (κ1) is 25.4. The maximum absolute atomic E-state index is 14.0. The van der Waals surface area contributed by atoms with Crippen LogP contribution in [0.1, 0.15) is 30.9 Å². The van der Waals surface area contributed by atoms with E-state index in [1.807, 2.05) is 30.3 Å². The maximum Gasteiger partial charge on any atom is 0.243 e. The van der Waals surface area contributed by atoms with Gasteiger partial charge in [0.2, 0.25) is 15.9 Å². The third kappa shape index (κ3) is 5.27. The van der Waals surface area contributed by atoms with Gasteiger partial charge in [-0.1, -0.05) is 36.5 Å². The van der Waals surface area contributed by atoms with Gasteiger partial charge >= 0.3 is 0 Å². The van der Waals surface area contributed by atoms with Crippen LogP contribution in [0.25, 0.3) is 10.2 Å². The Labute approximate surface area is 219 Å². The van der Waals surface area contributed by atoms with Gasteiger partial charge in [-0.3, -0.25) is 14.7 Å². The fourth-order valence-electron chi connectivity index (χ4n) is 4.65. The number of sulfonamides is 1. The van der Waals surface area contributed by atoms with Gasteiger partial charge in [-0.15, -0.1) is 0 Å². The average molecular weight is 539 g/mol. The predicted molar refractivity (Wildman–Crippen MR) is 142 cm³/mol. The molecule has 7 nitrogen and oxygen atoms in total. The molecule has 192 valence electrons. The highest BCUT2D eigenvalue weighted by atomic mass is 32.2. The monoisotopic (exact) mass is 538 g/mol. The van der Waals surface area contributed by atoms with E-state index in [-0.39, 0.29) is 23.9 Å². The van der Waals surface area contributed by atoms with Crippen molar-refractivity contribution in [1.82, 2.24) is 14.3 Å². The van der Waals surface area contributed by atoms with Crippen LogP contribution in [-0.4, -0.2) is 41.7 Å². The maximum atomic E-state index is 14.0. The van der Waals surface area contributed by atoms with Crippen LogP contribution in [0.4, 0.5) is 9.52 Å². The third-order valence-corrected chi connectivity index (χ3v) is 9.54. The Kier molecular flexibility index (Phi) is 7.32. The summed E-state index contributed by atoms with van der Waals surface area (Å²) < 4.78 is 42.2. The summed E-state index contributed by atoms with van der Waals surface area (Å²) in [6.07, 6.45) is 5.35. The first-order valence-corrected chi connectivity index (χ1v) is 14.5. The fourth-order valence-corrected chi connectivity index (χ4v) is 7.19. The van der Waals surface area contributed by atoms with Crippen molar-refractivity contribution in [2.75, 3.05) is 18.0 Å². The molecule has 0 N–H and O–H groups in total. The summed E-state index contributed by atoms with van der Waals surface area (Å²) in [5.41, 5.74) is 2.86. The molecule has 0 spiro atoms. The fraction of sp³-hybridized carbons (Fsp3) is 0.296. The molecule has 2 aromatic heterocycles. The van der Waals surface area contributed by atoms with E-state index >= 15 is 0 Å². The Balaban J connectivity index is 1.46. The van der Waals surface area contributed by atoms with Crippen LogP contribution in [0.15, 0.2) is 71.9 Å². The zero-order valence-corrected chi connectivity index (χ0v) is 22.0. The highest BCUT2D eigenvalue weighted by Gasteiger charge is 2.36. The number of anilines is 1. The molecule has 0 saturated carbocycles. The Morgan fingerprint density at radius 3 is 2.70 bits per heavy atom. The molecule has 10 heteroatoms. The van der Waals surface area contributed by atoms with Gasteiger partial charge < -0.3 is 0 Å². The van der Waals surface area contributed by atoms with Crippen molar-refractivity contribution in [2.45, 2.75) is 37.6 Å². The van der Waals surface area contributed by atoms with Crippen molar-refractivity contribution in [3.63, 3.8) is 0 Å². The Hall–Kier alpha value is -3.21. The summed E-state index contributed by atoms with van der Waals surface area (Å²) in [5, 5.41) is 0.586. The number of benzene rings is 2. The highest BCUT2D eigenvalue weighted by Crippen LogP contribution is 2.34. The molecule has 4 aromatic rings. The second-order valence-corrected chi connectivity index (χ2v) is 12.0. The quantitative estimate of drug-likeness (QED) is 0.330. The summed E-state index contributed by atoms with van der Waals surface area (Å²) in [4.78, 5) is 24.7. The number of amides is 1. The van der Waals surface area contributed by atoms with E-state index in [1.54, 1.807) is 17.3 Å². The molecule has 3 heterocycles. The molecular formula is C27H27FN4O3S2. The molecule has 1 fully saturated rings. The van der Waals surface area contributed by atoms with Gasteiger partial charge in [-0.05, 0) is 66.8 Å². The van der Waals surface area contributed by atoms with Crippen LogP contribution in [0, 0.1) is 11.7 Å². The molecule has 0 bridgehead atoms. The summed E-state index contributed by atoms with van der Waals surface area (Å²) in [5.74, 6) is -1.20. The number of hydrogen-bond acceptors (Lipinski definition) is 6. The second kappa shape index (κ2) is 10.6. The van der Waals surface area contributed by atoms with E-state index in [2.05, 4.69) is 11.9 Å². The number of pyridine rings is 1. The minimum atomic E-state index is -3.85. The number of fused-ring (bicyclic) bond motifs is 1. The van der Waals surface area contributed by atoms with Crippen LogP contribution in [0.5, 0.6) is 0 Å². The first-order chi connectivity index (χ1) is 17.9. The lowest BCUT2D eigenvalue weighted by molar-refractivity contribution is -0.123. The molecule has 1 saturated heterocycles. The molecule has 2 aromatic carbocycles. The van der Waals surface area contributed by atoms with E-state index in [1.165, 1.54) is 27.8 Å². The SMILES string of the molecule is CCc1cccc2sc(N(Cc3cccnc3)C(=O)C3CCCN(S(=O)(=O)c4ccc(F)cc4)C3)nc12. The Bertz CT molecular complexity index is 1510. The van der Waals surface area contributed by atoms with Crippen LogP contribution in [0.3, 0.4) is 0 Å². The van der Waals surface area contributed by atoms with Gasteiger partial charge in [0.25, 0.3) is 0 Å². The van der Waals surface area contributed by atoms with E-state index in [0.717, 1.165) is 39.9 Å². The number of halogens is 1. The van der Waals surface area contributed by atoms with Crippen molar-refractivity contribution in [3.05, 3.63) is 83.9 Å². The number of rotatable bonds is 7. The van der Waals surface area contributed by atoms with Crippen molar-refractivity contribution in [2.24, 2.45) is 5.92 Å². The van der Waals surface area contributed by atoms with Crippen molar-refractivity contribution in [1.29, 1.82) is 0 Å². The summed E-state index contributed by atoms with van der Waals surface area (Å²) in [6, 6.07) is 14.6. The van der Waals surface area contributed by atoms with E-state index in [9.17, 15) is 17.6 Å². The second-order valence-electron chi connectivity index (χ2n) is 9.06. The van der Waals surface area contributed by atoms with Crippen LogP contribution in [0.2, 0.25) is 0 Å². The van der Waals surface area contributed by atoms with E-state index in [0.29, 0.717) is 24.5 Å². The van der Waals surface area contributed by atoms with Crippen molar-refractivity contribution < 1.29 is 17.6 Å². The lowest BCUT2D eigenvalue weighted by Crippen LogP contribution is -2.46. The number of aromatic nitrogens is 2. The van der Waals surface area contributed by atoms with Gasteiger partial charge in [-0.2, -0.15) is 4.31 Å². The molecule has 1 amide bonds. The zero-order valence-electron chi connectivity index (χ0n) is 20.4. The predicted octanol–water partition coefficient (Wildman–Crippen LogP) is 5.03. The third-order valence-electron chi connectivity index (χ3n) is 6.62. The number of para-hydroxylation sites is 1. The molecule has 1 atom stereocenters. The number of piperidine rings is 1. The molecule has 1 aliphatic rings. The Morgan fingerprint density at radius 2 is 1.97 bits per heavy atom. The molecule has 5 rings (SSSR count). The van der Waals surface area contributed by atoms with Crippen LogP contribution < -0.4 is 4.90 Å². The summed E-state index contributed by atoms with van der Waals surface area (Å²) >= 11 is 1.46. The van der Waals surface area contributed by atoms with Crippen LogP contribution >= 0.6 is 11.3 Å². The zero-order chi connectivity index (χ0) is 26.0. The number of carbonyl (C=O) groups excluding carboxylic acids is 1. The van der Waals surface area contributed by atoms with Gasteiger partial charge in [0.05, 0.1) is 27.6 Å². The van der Waals surface area contributed by atoms with Gasteiger partial charge in [0.15, 0.2) is 5.13 Å². The van der Waals surface area contributed by atoms with E-state index in [4.69, 9.17) is 4.98 Å². The standard InChI is InChI=1S/C27H27FN4O3S2/c1-2-20-7-3-9-24-25(20)30-27(36-24)32(17-19-6-4-14-29-16-19)26(33)21-8-5-15-31(18-21)37(34,35)23-12-10-22(28)11-13-23/h3-4,6-7,9-14,16,21H,2,5,8,15,17-18H2,1H3. The number of carbonyl (C=O) groups is 1. The summed E-state index contributed by atoms with van der Waals surface area (Å²) in [7, 11) is -3.85. The first-order valence-electron chi connectivity index (χ1n) is 12.2. The molecule has 0 radical (unpaired) electrons. The molecule has 1 aliphatic heterocycles. The smallest absolute Gasteiger partial charge is 0.243 e. The minimum Gasteiger partial charge on any atom is -0.283 e. The molecular weight excluding hydrogens is 511 g/mol. The molecule has 0 aliphatic carbocycles. The van der Waals surface area contributed by atoms with Crippen molar-refractivity contribution in [3.8, 4) is 0 Å².